The Balaban J connectivity index is 2.00. The third-order valence-corrected chi connectivity index (χ3v) is 6.46. The van der Waals surface area contributed by atoms with E-state index in [1.165, 1.54) is 23.5 Å². The summed E-state index contributed by atoms with van der Waals surface area (Å²) in [6, 6.07) is 13.1. The van der Waals surface area contributed by atoms with Crippen LogP contribution in [0.5, 0.6) is 11.5 Å². The quantitative estimate of drug-likeness (QED) is 0.460. The zero-order chi connectivity index (χ0) is 21.4. The molecule has 29 heavy (non-hydrogen) atoms. The lowest BCUT2D eigenvalue weighted by Crippen LogP contribution is -2.30. The van der Waals surface area contributed by atoms with Gasteiger partial charge in [-0.25, -0.2) is 8.42 Å². The molecule has 0 amide bonds. The molecule has 0 aliphatic heterocycles. The Morgan fingerprint density at radius 3 is 2.28 bits per heavy atom. The van der Waals surface area contributed by atoms with Crippen LogP contribution in [0.25, 0.3) is 0 Å². The van der Waals surface area contributed by atoms with Gasteiger partial charge in [0.15, 0.2) is 11.5 Å². The van der Waals surface area contributed by atoms with Crippen LogP contribution in [-0.4, -0.2) is 38.9 Å². The molecule has 7 nitrogen and oxygen atoms in total. The lowest BCUT2D eigenvalue weighted by Gasteiger charge is -2.18. The maximum Gasteiger partial charge on any atom is 0.311 e. The molecule has 0 fully saturated rings. The molecule has 0 bridgehead atoms. The Hall–Kier alpha value is -2.89. The zero-order valence-corrected chi connectivity index (χ0v) is 17.5. The van der Waals surface area contributed by atoms with Gasteiger partial charge in [-0.05, 0) is 36.2 Å². The third-order valence-electron chi connectivity index (χ3n) is 4.40. The number of nitriles is 1. The fourth-order valence-electron chi connectivity index (χ4n) is 2.78. The van der Waals surface area contributed by atoms with E-state index < -0.39 is 16.0 Å². The van der Waals surface area contributed by atoms with E-state index in [1.54, 1.807) is 44.2 Å². The fraction of sp³-hybridized carbons (Fsp3) is 0.333. The molecule has 2 aromatic carbocycles. The summed E-state index contributed by atoms with van der Waals surface area (Å²) in [5.74, 6) is 0.105. The number of hydrogen-bond acceptors (Lipinski definition) is 6. The number of hydrogen-bond donors (Lipinski definition) is 0. The van der Waals surface area contributed by atoms with Gasteiger partial charge in [-0.1, -0.05) is 26.0 Å². The highest BCUT2D eigenvalue weighted by molar-refractivity contribution is 7.89. The number of benzene rings is 2. The Bertz CT molecular complexity index is 991. The van der Waals surface area contributed by atoms with E-state index in [4.69, 9.17) is 14.7 Å². The summed E-state index contributed by atoms with van der Waals surface area (Å²) in [6.07, 6.45) is 0.522. The highest BCUT2D eigenvalue weighted by atomic mass is 32.2. The normalized spacial score (nSPS) is 11.1. The predicted molar refractivity (Wildman–Crippen MR) is 108 cm³/mol. The molecule has 8 heteroatoms. The van der Waals surface area contributed by atoms with Gasteiger partial charge in [0.25, 0.3) is 0 Å². The van der Waals surface area contributed by atoms with E-state index in [0.717, 1.165) is 5.56 Å². The number of rotatable bonds is 9. The summed E-state index contributed by atoms with van der Waals surface area (Å²) in [4.78, 5) is 12.4. The Labute approximate surface area is 171 Å². The molecule has 0 unspecified atom stereocenters. The number of nitrogens with zero attached hydrogens (tertiary/aromatic N) is 2. The van der Waals surface area contributed by atoms with Gasteiger partial charge in [-0.2, -0.15) is 9.57 Å². The molecule has 0 N–H and O–H groups in total. The highest BCUT2D eigenvalue weighted by Gasteiger charge is 2.21. The van der Waals surface area contributed by atoms with Gasteiger partial charge in [-0.3, -0.25) is 4.79 Å². The van der Waals surface area contributed by atoms with Crippen molar-refractivity contribution in [1.82, 2.24) is 4.31 Å². The van der Waals surface area contributed by atoms with Crippen LogP contribution < -0.4 is 9.47 Å². The van der Waals surface area contributed by atoms with Crippen LogP contribution >= 0.6 is 0 Å². The second-order valence-corrected chi connectivity index (χ2v) is 8.12. The van der Waals surface area contributed by atoms with E-state index in [2.05, 4.69) is 0 Å². The van der Waals surface area contributed by atoms with Crippen molar-refractivity contribution in [3.63, 3.8) is 0 Å². The van der Waals surface area contributed by atoms with Crippen molar-refractivity contribution >= 4 is 16.0 Å². The number of ether oxygens (including phenoxy) is 2. The number of aryl methyl sites for hydroxylation is 1. The maximum absolute atomic E-state index is 12.5. The van der Waals surface area contributed by atoms with Crippen LogP contribution in [0, 0.1) is 11.3 Å². The summed E-state index contributed by atoms with van der Waals surface area (Å²) in [5.41, 5.74) is 1.23. The molecule has 0 saturated heterocycles. The zero-order valence-electron chi connectivity index (χ0n) is 16.7. The van der Waals surface area contributed by atoms with Crippen molar-refractivity contribution in [3.8, 4) is 17.6 Å². The summed E-state index contributed by atoms with van der Waals surface area (Å²) >= 11 is 0. The summed E-state index contributed by atoms with van der Waals surface area (Å²) in [7, 11) is -2.07. The van der Waals surface area contributed by atoms with E-state index in [-0.39, 0.29) is 17.1 Å². The van der Waals surface area contributed by atoms with Gasteiger partial charge in [-0.15, -0.1) is 0 Å². The average molecular weight is 416 g/mol. The largest absolute Gasteiger partial charge is 0.493 e. The van der Waals surface area contributed by atoms with E-state index in [9.17, 15) is 13.2 Å². The number of methoxy groups -OCH3 is 1. The molecule has 2 aromatic rings. The monoisotopic (exact) mass is 416 g/mol. The first-order valence-corrected chi connectivity index (χ1v) is 10.7. The standard InChI is InChI=1S/C21H24N2O5S/c1-4-23(5-2)29(25,26)18-10-6-16(7-11-18)9-13-21(24)28-19-12-8-17(15-22)14-20(19)27-3/h6-8,10-12,14H,4-5,9,13H2,1-3H3. The van der Waals surface area contributed by atoms with Crippen molar-refractivity contribution < 1.29 is 22.7 Å². The minimum absolute atomic E-state index is 0.116. The Morgan fingerprint density at radius 1 is 1.07 bits per heavy atom. The topological polar surface area (TPSA) is 96.7 Å². The van der Waals surface area contributed by atoms with Crippen LogP contribution in [0.4, 0.5) is 0 Å². The van der Waals surface area contributed by atoms with E-state index >= 15 is 0 Å². The lowest BCUT2D eigenvalue weighted by atomic mass is 10.1. The van der Waals surface area contributed by atoms with Gasteiger partial charge in [0.1, 0.15) is 0 Å². The predicted octanol–water partition coefficient (Wildman–Crippen LogP) is 3.14. The fourth-order valence-corrected chi connectivity index (χ4v) is 4.24. The SMILES string of the molecule is CCN(CC)S(=O)(=O)c1ccc(CCC(=O)Oc2ccc(C#N)cc2OC)cc1. The van der Waals surface area contributed by atoms with Crippen molar-refractivity contribution in [3.05, 3.63) is 53.6 Å². The maximum atomic E-state index is 12.5. The lowest BCUT2D eigenvalue weighted by molar-refractivity contribution is -0.134. The summed E-state index contributed by atoms with van der Waals surface area (Å²) in [6.45, 7) is 4.41. The van der Waals surface area contributed by atoms with Crippen molar-refractivity contribution in [2.24, 2.45) is 0 Å². The van der Waals surface area contributed by atoms with Crippen molar-refractivity contribution in [1.29, 1.82) is 5.26 Å². The van der Waals surface area contributed by atoms with Crippen molar-refractivity contribution in [2.45, 2.75) is 31.6 Å². The summed E-state index contributed by atoms with van der Waals surface area (Å²) in [5, 5.41) is 8.92. The molecule has 0 aromatic heterocycles. The molecule has 0 aliphatic carbocycles. The van der Waals surface area contributed by atoms with Crippen LogP contribution in [0.2, 0.25) is 0 Å². The first kappa shape index (κ1) is 22.4. The average Bonchev–Trinajstić information content (AvgIpc) is 2.73. The number of carbonyl (C=O) groups excluding carboxylic acids is 1. The molecule has 0 aliphatic rings. The Kier molecular flexibility index (Phi) is 7.76. The minimum Gasteiger partial charge on any atom is -0.493 e. The first-order valence-electron chi connectivity index (χ1n) is 9.23. The molecule has 0 atom stereocenters. The highest BCUT2D eigenvalue weighted by Crippen LogP contribution is 2.28. The molecule has 0 saturated carbocycles. The number of esters is 1. The first-order chi connectivity index (χ1) is 13.8. The Morgan fingerprint density at radius 2 is 1.72 bits per heavy atom. The van der Waals surface area contributed by atoms with Crippen LogP contribution in [0.3, 0.4) is 0 Å². The second kappa shape index (κ2) is 10.0. The van der Waals surface area contributed by atoms with E-state index in [1.807, 2.05) is 6.07 Å². The number of carbonyl (C=O) groups is 1. The molecule has 2 rings (SSSR count). The van der Waals surface area contributed by atoms with Gasteiger partial charge >= 0.3 is 5.97 Å². The van der Waals surface area contributed by atoms with E-state index in [0.29, 0.717) is 30.8 Å². The van der Waals surface area contributed by atoms with Gasteiger partial charge in [0.05, 0.1) is 23.6 Å². The molecular formula is C21H24N2O5S. The third kappa shape index (κ3) is 5.56. The molecular weight excluding hydrogens is 392 g/mol. The summed E-state index contributed by atoms with van der Waals surface area (Å²) < 4.78 is 36.9. The minimum atomic E-state index is -3.50. The van der Waals surface area contributed by atoms with Crippen LogP contribution in [0.15, 0.2) is 47.4 Å². The molecule has 0 spiro atoms. The van der Waals surface area contributed by atoms with Crippen LogP contribution in [0.1, 0.15) is 31.4 Å². The van der Waals surface area contributed by atoms with Crippen molar-refractivity contribution in [2.75, 3.05) is 20.2 Å². The smallest absolute Gasteiger partial charge is 0.311 e. The second-order valence-electron chi connectivity index (χ2n) is 6.18. The molecule has 0 radical (unpaired) electrons. The number of sulfonamides is 1. The molecule has 154 valence electrons. The van der Waals surface area contributed by atoms with Crippen LogP contribution in [-0.2, 0) is 21.2 Å². The van der Waals surface area contributed by atoms with Gasteiger partial charge < -0.3 is 9.47 Å². The molecule has 0 heterocycles. The van der Waals surface area contributed by atoms with Gasteiger partial charge in [0.2, 0.25) is 10.0 Å². The van der Waals surface area contributed by atoms with Gasteiger partial charge in [0, 0.05) is 25.6 Å².